The van der Waals surface area contributed by atoms with Crippen molar-refractivity contribution in [3.63, 3.8) is 0 Å². The largest absolute Gasteiger partial charge is 0.416 e. The van der Waals surface area contributed by atoms with Crippen LogP contribution in [0.15, 0.2) is 18.2 Å². The topological polar surface area (TPSA) is 64.2 Å². The first-order valence-corrected chi connectivity index (χ1v) is 5.87. The second-order valence-corrected chi connectivity index (χ2v) is 4.32. The van der Waals surface area contributed by atoms with Crippen molar-refractivity contribution in [2.45, 2.75) is 24.8 Å². The fraction of sp³-hybridized carbons (Fsp3) is 0.417. The van der Waals surface area contributed by atoms with Gasteiger partial charge in [0.15, 0.2) is 0 Å². The fourth-order valence-corrected chi connectivity index (χ4v) is 1.77. The lowest BCUT2D eigenvalue weighted by atomic mass is 9.98. The predicted octanol–water partition coefficient (Wildman–Crippen LogP) is 2.60. The second kappa shape index (κ2) is 6.24. The van der Waals surface area contributed by atoms with E-state index in [0.29, 0.717) is 12.1 Å². The SMILES string of the molecule is N#Cc1cc(C(O)C(O)CCCl)cc(C(F)(F)F)c1. The molecule has 7 heteroatoms. The number of rotatable bonds is 4. The summed E-state index contributed by atoms with van der Waals surface area (Å²) >= 11 is 5.39. The van der Waals surface area contributed by atoms with E-state index in [1.54, 1.807) is 6.07 Å². The van der Waals surface area contributed by atoms with Crippen LogP contribution in [-0.2, 0) is 6.18 Å². The Labute approximate surface area is 112 Å². The molecule has 0 amide bonds. The molecule has 104 valence electrons. The summed E-state index contributed by atoms with van der Waals surface area (Å²) in [6, 6.07) is 4.09. The van der Waals surface area contributed by atoms with E-state index in [4.69, 9.17) is 16.9 Å². The van der Waals surface area contributed by atoms with Gasteiger partial charge in [0.2, 0.25) is 0 Å². The summed E-state index contributed by atoms with van der Waals surface area (Å²) in [6.07, 6.45) is -7.40. The fourth-order valence-electron chi connectivity index (χ4n) is 1.54. The summed E-state index contributed by atoms with van der Waals surface area (Å²) in [6.45, 7) is 0. The summed E-state index contributed by atoms with van der Waals surface area (Å²) < 4.78 is 37.9. The summed E-state index contributed by atoms with van der Waals surface area (Å²) in [5.74, 6) is 0.0578. The number of halogens is 4. The number of nitriles is 1. The molecule has 1 aromatic carbocycles. The molecule has 0 radical (unpaired) electrons. The standard InChI is InChI=1S/C12H11ClF3NO2/c13-2-1-10(18)11(19)8-3-7(6-17)4-9(5-8)12(14,15)16/h3-5,10-11,18-19H,1-2H2. The number of nitrogens with zero attached hydrogens (tertiary/aromatic N) is 1. The van der Waals surface area contributed by atoms with Gasteiger partial charge >= 0.3 is 6.18 Å². The average Bonchev–Trinajstić information content (AvgIpc) is 2.36. The summed E-state index contributed by atoms with van der Waals surface area (Å²) in [5.41, 5.74) is -1.44. The van der Waals surface area contributed by atoms with Crippen molar-refractivity contribution in [3.05, 3.63) is 34.9 Å². The molecule has 1 aromatic rings. The lowest BCUT2D eigenvalue weighted by molar-refractivity contribution is -0.137. The van der Waals surface area contributed by atoms with Crippen LogP contribution in [0.3, 0.4) is 0 Å². The molecule has 1 rings (SSSR count). The molecular weight excluding hydrogens is 283 g/mol. The molecule has 0 aliphatic heterocycles. The second-order valence-electron chi connectivity index (χ2n) is 3.94. The Kier molecular flexibility index (Phi) is 5.18. The zero-order chi connectivity index (χ0) is 14.6. The van der Waals surface area contributed by atoms with Crippen molar-refractivity contribution in [3.8, 4) is 6.07 Å². The zero-order valence-electron chi connectivity index (χ0n) is 9.65. The van der Waals surface area contributed by atoms with Crippen LogP contribution in [0.5, 0.6) is 0 Å². The van der Waals surface area contributed by atoms with E-state index in [2.05, 4.69) is 0 Å². The minimum atomic E-state index is -4.63. The maximum Gasteiger partial charge on any atom is 0.416 e. The molecule has 0 heterocycles. The molecule has 0 aromatic heterocycles. The average molecular weight is 294 g/mol. The quantitative estimate of drug-likeness (QED) is 0.839. The van der Waals surface area contributed by atoms with Crippen LogP contribution in [0.4, 0.5) is 13.2 Å². The summed E-state index contributed by atoms with van der Waals surface area (Å²) in [4.78, 5) is 0. The number of aliphatic hydroxyl groups is 2. The number of hydrogen-bond acceptors (Lipinski definition) is 3. The number of hydrogen-bond donors (Lipinski definition) is 2. The van der Waals surface area contributed by atoms with Gasteiger partial charge in [0.25, 0.3) is 0 Å². The Morgan fingerprint density at radius 2 is 1.89 bits per heavy atom. The predicted molar refractivity (Wildman–Crippen MR) is 62.5 cm³/mol. The molecule has 0 spiro atoms. The lowest BCUT2D eigenvalue weighted by Crippen LogP contribution is -2.19. The van der Waals surface area contributed by atoms with Crippen molar-refractivity contribution in [1.29, 1.82) is 5.26 Å². The third-order valence-corrected chi connectivity index (χ3v) is 2.74. The highest BCUT2D eigenvalue weighted by molar-refractivity contribution is 6.17. The molecule has 2 unspecified atom stereocenters. The number of alkyl halides is 4. The molecular formula is C12H11ClF3NO2. The van der Waals surface area contributed by atoms with Gasteiger partial charge < -0.3 is 10.2 Å². The minimum Gasteiger partial charge on any atom is -0.390 e. The Morgan fingerprint density at radius 3 is 2.37 bits per heavy atom. The number of benzene rings is 1. The van der Waals surface area contributed by atoms with Gasteiger partial charge in [0.05, 0.1) is 23.3 Å². The van der Waals surface area contributed by atoms with Gasteiger partial charge in [-0.2, -0.15) is 18.4 Å². The van der Waals surface area contributed by atoms with Crippen LogP contribution < -0.4 is 0 Å². The molecule has 0 saturated carbocycles. The third-order valence-electron chi connectivity index (χ3n) is 2.52. The van der Waals surface area contributed by atoms with Gasteiger partial charge in [-0.25, -0.2) is 0 Å². The maximum absolute atomic E-state index is 12.6. The molecule has 0 bridgehead atoms. The molecule has 0 aliphatic rings. The summed E-state index contributed by atoms with van der Waals surface area (Å²) in [7, 11) is 0. The van der Waals surface area contributed by atoms with Gasteiger partial charge in [-0.15, -0.1) is 11.6 Å². The van der Waals surface area contributed by atoms with E-state index in [9.17, 15) is 23.4 Å². The van der Waals surface area contributed by atoms with Gasteiger partial charge in [-0.1, -0.05) is 0 Å². The van der Waals surface area contributed by atoms with E-state index in [0.717, 1.165) is 6.07 Å². The first-order chi connectivity index (χ1) is 8.79. The minimum absolute atomic E-state index is 0.0286. The highest BCUT2D eigenvalue weighted by Crippen LogP contribution is 2.32. The monoisotopic (exact) mass is 293 g/mol. The van der Waals surface area contributed by atoms with Crippen molar-refractivity contribution in [1.82, 2.24) is 0 Å². The molecule has 19 heavy (non-hydrogen) atoms. The molecule has 0 fully saturated rings. The van der Waals surface area contributed by atoms with Gasteiger partial charge in [0, 0.05) is 5.88 Å². The number of aliphatic hydroxyl groups excluding tert-OH is 2. The van der Waals surface area contributed by atoms with Gasteiger partial charge in [-0.3, -0.25) is 0 Å². The van der Waals surface area contributed by atoms with Crippen molar-refractivity contribution in [2.75, 3.05) is 5.88 Å². The van der Waals surface area contributed by atoms with Crippen molar-refractivity contribution in [2.24, 2.45) is 0 Å². The van der Waals surface area contributed by atoms with E-state index in [-0.39, 0.29) is 23.4 Å². The van der Waals surface area contributed by atoms with Crippen LogP contribution in [0.2, 0.25) is 0 Å². The van der Waals surface area contributed by atoms with Gasteiger partial charge in [-0.05, 0) is 30.2 Å². The van der Waals surface area contributed by atoms with E-state index in [1.807, 2.05) is 0 Å². The Hall–Kier alpha value is -1.29. The van der Waals surface area contributed by atoms with Crippen LogP contribution in [0, 0.1) is 11.3 Å². The Morgan fingerprint density at radius 1 is 1.26 bits per heavy atom. The molecule has 0 aliphatic carbocycles. The van der Waals surface area contributed by atoms with Crippen LogP contribution in [-0.4, -0.2) is 22.2 Å². The molecule has 0 saturated heterocycles. The molecule has 2 atom stereocenters. The highest BCUT2D eigenvalue weighted by Gasteiger charge is 2.32. The van der Waals surface area contributed by atoms with Crippen LogP contribution >= 0.6 is 11.6 Å². The molecule has 2 N–H and O–H groups in total. The first kappa shape index (κ1) is 15.8. The third kappa shape index (κ3) is 4.10. The van der Waals surface area contributed by atoms with Crippen LogP contribution in [0.25, 0.3) is 0 Å². The van der Waals surface area contributed by atoms with Crippen molar-refractivity contribution >= 4 is 11.6 Å². The Bertz CT molecular complexity index is 485. The zero-order valence-corrected chi connectivity index (χ0v) is 10.4. The van der Waals surface area contributed by atoms with Crippen LogP contribution in [0.1, 0.15) is 29.2 Å². The smallest absolute Gasteiger partial charge is 0.390 e. The molecule has 3 nitrogen and oxygen atoms in total. The first-order valence-electron chi connectivity index (χ1n) is 5.34. The van der Waals surface area contributed by atoms with E-state index in [1.165, 1.54) is 0 Å². The Balaban J connectivity index is 3.18. The maximum atomic E-state index is 12.6. The summed E-state index contributed by atoms with van der Waals surface area (Å²) in [5, 5.41) is 28.0. The van der Waals surface area contributed by atoms with E-state index >= 15 is 0 Å². The normalized spacial score (nSPS) is 14.8. The van der Waals surface area contributed by atoms with Gasteiger partial charge in [0.1, 0.15) is 6.10 Å². The van der Waals surface area contributed by atoms with Crippen molar-refractivity contribution < 1.29 is 23.4 Å². The van der Waals surface area contributed by atoms with E-state index < -0.39 is 23.9 Å². The lowest BCUT2D eigenvalue weighted by Gasteiger charge is -2.19. The highest BCUT2D eigenvalue weighted by atomic mass is 35.5.